The number of carbonyl (C=O) groups is 1. The number of benzene rings is 1. The number of rotatable bonds is 7. The predicted octanol–water partition coefficient (Wildman–Crippen LogP) is 4.35. The lowest BCUT2D eigenvalue weighted by molar-refractivity contribution is -0.118. The molecule has 124 valence electrons. The standard InChI is InChI=1S/C17H16BrN3OS2/c18-13-5-3-12(4-6-13)15-10-20-17(21-15)24-11-16(22)19-8-7-14-2-1-9-23-14/h1-6,9-10H,7-8,11H2,(H,19,22)(H,20,21). The van der Waals surface area contributed by atoms with Gasteiger partial charge >= 0.3 is 0 Å². The van der Waals surface area contributed by atoms with Crippen molar-refractivity contribution < 1.29 is 4.79 Å². The second kappa shape index (κ2) is 8.50. The van der Waals surface area contributed by atoms with Crippen molar-refractivity contribution in [3.05, 3.63) is 57.3 Å². The summed E-state index contributed by atoms with van der Waals surface area (Å²) in [4.78, 5) is 20.7. The van der Waals surface area contributed by atoms with Gasteiger partial charge in [-0.25, -0.2) is 4.98 Å². The van der Waals surface area contributed by atoms with Crippen molar-refractivity contribution >= 4 is 44.9 Å². The first-order valence-electron chi connectivity index (χ1n) is 7.43. The van der Waals surface area contributed by atoms with Crippen molar-refractivity contribution in [1.29, 1.82) is 0 Å². The lowest BCUT2D eigenvalue weighted by atomic mass is 10.2. The number of aromatic amines is 1. The number of imidazole rings is 1. The van der Waals surface area contributed by atoms with Crippen LogP contribution in [0.4, 0.5) is 0 Å². The molecule has 1 amide bonds. The Morgan fingerprint density at radius 3 is 2.88 bits per heavy atom. The fourth-order valence-corrected chi connectivity index (χ4v) is 3.77. The van der Waals surface area contributed by atoms with Crippen LogP contribution >= 0.6 is 39.0 Å². The summed E-state index contributed by atoms with van der Waals surface area (Å²) in [6.45, 7) is 0.669. The number of H-pyrrole nitrogens is 1. The van der Waals surface area contributed by atoms with Crippen LogP contribution in [0.25, 0.3) is 11.3 Å². The molecule has 0 atom stereocenters. The first-order chi connectivity index (χ1) is 11.7. The number of thioether (sulfide) groups is 1. The van der Waals surface area contributed by atoms with Gasteiger partial charge in [0.25, 0.3) is 0 Å². The highest BCUT2D eigenvalue weighted by Gasteiger charge is 2.07. The van der Waals surface area contributed by atoms with Gasteiger partial charge in [-0.05, 0) is 35.6 Å². The Balaban J connectivity index is 1.44. The monoisotopic (exact) mass is 421 g/mol. The normalized spacial score (nSPS) is 10.7. The molecular weight excluding hydrogens is 406 g/mol. The van der Waals surface area contributed by atoms with E-state index in [1.165, 1.54) is 16.6 Å². The molecule has 7 heteroatoms. The number of hydrogen-bond acceptors (Lipinski definition) is 4. The van der Waals surface area contributed by atoms with Gasteiger partial charge in [0.2, 0.25) is 5.91 Å². The number of carbonyl (C=O) groups excluding carboxylic acids is 1. The van der Waals surface area contributed by atoms with E-state index in [0.717, 1.165) is 27.3 Å². The van der Waals surface area contributed by atoms with Gasteiger partial charge in [0.15, 0.2) is 5.16 Å². The van der Waals surface area contributed by atoms with Gasteiger partial charge in [0.1, 0.15) is 0 Å². The quantitative estimate of drug-likeness (QED) is 0.557. The van der Waals surface area contributed by atoms with E-state index in [-0.39, 0.29) is 5.91 Å². The van der Waals surface area contributed by atoms with E-state index in [0.29, 0.717) is 12.3 Å². The maximum atomic E-state index is 11.9. The average Bonchev–Trinajstić information content (AvgIpc) is 3.25. The lowest BCUT2D eigenvalue weighted by Gasteiger charge is -2.03. The van der Waals surface area contributed by atoms with Crippen LogP contribution in [-0.2, 0) is 11.2 Å². The Morgan fingerprint density at radius 1 is 1.29 bits per heavy atom. The summed E-state index contributed by atoms with van der Waals surface area (Å²) in [5.74, 6) is 0.385. The Hall–Kier alpha value is -1.57. The molecule has 4 nitrogen and oxygen atoms in total. The molecule has 2 N–H and O–H groups in total. The summed E-state index contributed by atoms with van der Waals surface area (Å²) in [5, 5.41) is 5.74. The first kappa shape index (κ1) is 17.3. The smallest absolute Gasteiger partial charge is 0.230 e. The third-order valence-electron chi connectivity index (χ3n) is 3.32. The molecule has 24 heavy (non-hydrogen) atoms. The van der Waals surface area contributed by atoms with Crippen LogP contribution in [0.2, 0.25) is 0 Å². The molecule has 0 bridgehead atoms. The minimum absolute atomic E-state index is 0.0261. The van der Waals surface area contributed by atoms with Crippen molar-refractivity contribution in [2.24, 2.45) is 0 Å². The van der Waals surface area contributed by atoms with Crippen LogP contribution < -0.4 is 5.32 Å². The summed E-state index contributed by atoms with van der Waals surface area (Å²) in [6, 6.07) is 12.1. The lowest BCUT2D eigenvalue weighted by Crippen LogP contribution is -2.27. The van der Waals surface area contributed by atoms with Gasteiger partial charge < -0.3 is 10.3 Å². The van der Waals surface area contributed by atoms with Gasteiger partial charge in [-0.3, -0.25) is 4.79 Å². The molecule has 0 saturated heterocycles. The molecule has 0 aliphatic carbocycles. The second-order valence-corrected chi connectivity index (χ2v) is 7.99. The fourth-order valence-electron chi connectivity index (χ4n) is 2.12. The fraction of sp³-hybridized carbons (Fsp3) is 0.176. The minimum Gasteiger partial charge on any atom is -0.355 e. The van der Waals surface area contributed by atoms with E-state index in [1.54, 1.807) is 17.5 Å². The molecule has 2 heterocycles. The highest BCUT2D eigenvalue weighted by Crippen LogP contribution is 2.23. The van der Waals surface area contributed by atoms with Crippen LogP contribution in [0.5, 0.6) is 0 Å². The third kappa shape index (κ3) is 4.96. The van der Waals surface area contributed by atoms with Crippen LogP contribution in [0.15, 0.2) is 57.6 Å². The van der Waals surface area contributed by atoms with E-state index in [4.69, 9.17) is 0 Å². The molecular formula is C17H16BrN3OS2. The summed E-state index contributed by atoms with van der Waals surface area (Å²) in [7, 11) is 0. The largest absolute Gasteiger partial charge is 0.355 e. The topological polar surface area (TPSA) is 57.8 Å². The van der Waals surface area contributed by atoms with E-state index in [2.05, 4.69) is 37.3 Å². The Bertz CT molecular complexity index is 785. The van der Waals surface area contributed by atoms with Crippen molar-refractivity contribution in [3.63, 3.8) is 0 Å². The molecule has 0 radical (unpaired) electrons. The number of hydrogen-bond donors (Lipinski definition) is 2. The summed E-state index contributed by atoms with van der Waals surface area (Å²) < 4.78 is 1.04. The number of aromatic nitrogens is 2. The summed E-state index contributed by atoms with van der Waals surface area (Å²) in [6.07, 6.45) is 2.67. The molecule has 2 aromatic heterocycles. The second-order valence-electron chi connectivity index (χ2n) is 5.08. The molecule has 3 aromatic rings. The molecule has 3 rings (SSSR count). The highest BCUT2D eigenvalue weighted by atomic mass is 79.9. The van der Waals surface area contributed by atoms with Crippen LogP contribution in [0, 0.1) is 0 Å². The predicted molar refractivity (Wildman–Crippen MR) is 103 cm³/mol. The van der Waals surface area contributed by atoms with E-state index >= 15 is 0 Å². The van der Waals surface area contributed by atoms with E-state index in [1.807, 2.05) is 35.7 Å². The number of thiophene rings is 1. The van der Waals surface area contributed by atoms with Crippen LogP contribution in [0.1, 0.15) is 4.88 Å². The van der Waals surface area contributed by atoms with Crippen LogP contribution in [0.3, 0.4) is 0 Å². The van der Waals surface area contributed by atoms with Gasteiger partial charge in [0.05, 0.1) is 17.6 Å². The molecule has 0 aliphatic rings. The third-order valence-corrected chi connectivity index (χ3v) is 5.67. The van der Waals surface area contributed by atoms with Gasteiger partial charge in [-0.1, -0.05) is 45.9 Å². The number of nitrogens with one attached hydrogen (secondary N) is 2. The molecule has 0 aliphatic heterocycles. The SMILES string of the molecule is O=C(CSc1ncc(-c2ccc(Br)cc2)[nH]1)NCCc1cccs1. The summed E-state index contributed by atoms with van der Waals surface area (Å²) in [5.41, 5.74) is 2.01. The zero-order chi connectivity index (χ0) is 16.8. The van der Waals surface area contributed by atoms with Gasteiger partial charge in [-0.2, -0.15) is 0 Å². The maximum absolute atomic E-state index is 11.9. The molecule has 1 aromatic carbocycles. The van der Waals surface area contributed by atoms with Crippen molar-refractivity contribution in [2.75, 3.05) is 12.3 Å². The number of amides is 1. The van der Waals surface area contributed by atoms with Crippen molar-refractivity contribution in [2.45, 2.75) is 11.6 Å². The molecule has 0 fully saturated rings. The maximum Gasteiger partial charge on any atom is 0.230 e. The van der Waals surface area contributed by atoms with Crippen molar-refractivity contribution in [3.8, 4) is 11.3 Å². The average molecular weight is 422 g/mol. The Morgan fingerprint density at radius 2 is 2.12 bits per heavy atom. The molecule has 0 unspecified atom stereocenters. The van der Waals surface area contributed by atoms with Crippen molar-refractivity contribution in [1.82, 2.24) is 15.3 Å². The zero-order valence-electron chi connectivity index (χ0n) is 12.8. The minimum atomic E-state index is 0.0261. The Labute approximate surface area is 157 Å². The van der Waals surface area contributed by atoms with Crippen LogP contribution in [-0.4, -0.2) is 28.2 Å². The zero-order valence-corrected chi connectivity index (χ0v) is 16.0. The van der Waals surface area contributed by atoms with E-state index in [9.17, 15) is 4.79 Å². The summed E-state index contributed by atoms with van der Waals surface area (Å²) >= 11 is 6.54. The highest BCUT2D eigenvalue weighted by molar-refractivity contribution is 9.10. The first-order valence-corrected chi connectivity index (χ1v) is 10.1. The molecule has 0 saturated carbocycles. The Kier molecular flexibility index (Phi) is 6.12. The number of halogens is 1. The van der Waals surface area contributed by atoms with Gasteiger partial charge in [0, 0.05) is 15.9 Å². The van der Waals surface area contributed by atoms with Gasteiger partial charge in [-0.15, -0.1) is 11.3 Å². The molecule has 0 spiro atoms. The number of nitrogens with zero attached hydrogens (tertiary/aromatic N) is 1. The van der Waals surface area contributed by atoms with E-state index < -0.39 is 0 Å².